The van der Waals surface area contributed by atoms with E-state index in [0.29, 0.717) is 15.7 Å². The molecule has 1 aliphatic heterocycles. The first kappa shape index (κ1) is 12.0. The van der Waals surface area contributed by atoms with Crippen molar-refractivity contribution < 1.29 is 0 Å². The van der Waals surface area contributed by atoms with Crippen LogP contribution in [0.1, 0.15) is 18.9 Å². The van der Waals surface area contributed by atoms with Gasteiger partial charge >= 0.3 is 0 Å². The first-order valence-corrected chi connectivity index (χ1v) is 6.27. The molecular weight excluding hydrogens is 243 g/mol. The molecule has 0 radical (unpaired) electrons. The molecule has 0 amide bonds. The van der Waals surface area contributed by atoms with Crippen molar-refractivity contribution in [1.29, 1.82) is 0 Å². The van der Waals surface area contributed by atoms with Gasteiger partial charge in [0.1, 0.15) is 0 Å². The van der Waals surface area contributed by atoms with Crippen LogP contribution in [0.15, 0.2) is 12.1 Å². The lowest BCUT2D eigenvalue weighted by Gasteiger charge is -2.16. The average Bonchev–Trinajstić information content (AvgIpc) is 2.60. The second-order valence-electron chi connectivity index (χ2n) is 4.60. The molecule has 1 saturated heterocycles. The lowest BCUT2D eigenvalue weighted by Crippen LogP contribution is -2.19. The Hall–Kier alpha value is -0.440. The molecule has 1 unspecified atom stereocenters. The number of benzene rings is 1. The molecular formula is C12H16Cl2N2. The van der Waals surface area contributed by atoms with Gasteiger partial charge in [-0.25, -0.2) is 0 Å². The lowest BCUT2D eigenvalue weighted by molar-refractivity contribution is 0.320. The number of rotatable bonds is 2. The summed E-state index contributed by atoms with van der Waals surface area (Å²) >= 11 is 12.0. The van der Waals surface area contributed by atoms with E-state index in [4.69, 9.17) is 28.9 Å². The maximum Gasteiger partial charge on any atom is 0.0693 e. The summed E-state index contributed by atoms with van der Waals surface area (Å²) in [5, 5.41) is 1.10. The Balaban J connectivity index is 2.10. The van der Waals surface area contributed by atoms with Gasteiger partial charge in [-0.15, -0.1) is 0 Å². The fourth-order valence-corrected chi connectivity index (χ4v) is 2.69. The van der Waals surface area contributed by atoms with Crippen LogP contribution in [0.25, 0.3) is 0 Å². The third-order valence-electron chi connectivity index (χ3n) is 3.05. The van der Waals surface area contributed by atoms with Crippen molar-refractivity contribution in [3.63, 3.8) is 0 Å². The summed E-state index contributed by atoms with van der Waals surface area (Å²) in [6.07, 6.45) is 1.27. The van der Waals surface area contributed by atoms with Crippen molar-refractivity contribution in [3.05, 3.63) is 27.7 Å². The van der Waals surface area contributed by atoms with E-state index in [2.05, 4.69) is 11.8 Å². The Bertz CT molecular complexity index is 370. The van der Waals surface area contributed by atoms with Crippen LogP contribution < -0.4 is 5.73 Å². The smallest absolute Gasteiger partial charge is 0.0693 e. The molecule has 0 bridgehead atoms. The zero-order valence-corrected chi connectivity index (χ0v) is 10.9. The van der Waals surface area contributed by atoms with Crippen LogP contribution in [0.3, 0.4) is 0 Å². The molecule has 1 aromatic rings. The molecule has 1 atom stereocenters. The molecule has 2 N–H and O–H groups in total. The highest BCUT2D eigenvalue weighted by Gasteiger charge is 2.18. The quantitative estimate of drug-likeness (QED) is 0.824. The van der Waals surface area contributed by atoms with Gasteiger partial charge in [0.2, 0.25) is 0 Å². The van der Waals surface area contributed by atoms with Gasteiger partial charge in [0.25, 0.3) is 0 Å². The Morgan fingerprint density at radius 3 is 2.50 bits per heavy atom. The van der Waals surface area contributed by atoms with Crippen molar-refractivity contribution in [3.8, 4) is 0 Å². The normalized spacial score (nSPS) is 21.6. The monoisotopic (exact) mass is 258 g/mol. The predicted octanol–water partition coefficient (Wildman–Crippen LogP) is 3.42. The highest BCUT2D eigenvalue weighted by Crippen LogP contribution is 2.30. The zero-order chi connectivity index (χ0) is 11.7. The molecule has 16 heavy (non-hydrogen) atoms. The first-order valence-electron chi connectivity index (χ1n) is 5.52. The number of likely N-dealkylation sites (tertiary alicyclic amines) is 1. The number of nitrogen functional groups attached to an aromatic ring is 1. The maximum atomic E-state index is 6.01. The summed E-state index contributed by atoms with van der Waals surface area (Å²) in [5.41, 5.74) is 7.31. The minimum absolute atomic E-state index is 0.474. The highest BCUT2D eigenvalue weighted by molar-refractivity contribution is 6.38. The average molecular weight is 259 g/mol. The third kappa shape index (κ3) is 2.62. The van der Waals surface area contributed by atoms with Crippen LogP contribution in [-0.4, -0.2) is 18.0 Å². The summed E-state index contributed by atoms with van der Waals surface area (Å²) in [5.74, 6) is 0.791. The highest BCUT2D eigenvalue weighted by atomic mass is 35.5. The summed E-state index contributed by atoms with van der Waals surface area (Å²) in [4.78, 5) is 2.42. The lowest BCUT2D eigenvalue weighted by atomic mass is 10.2. The van der Waals surface area contributed by atoms with Gasteiger partial charge in [-0.1, -0.05) is 30.1 Å². The number of nitrogens with zero attached hydrogens (tertiary/aromatic N) is 1. The summed E-state index contributed by atoms with van der Waals surface area (Å²) in [6, 6.07) is 3.82. The zero-order valence-electron chi connectivity index (χ0n) is 9.34. The summed E-state index contributed by atoms with van der Waals surface area (Å²) < 4.78 is 0. The van der Waals surface area contributed by atoms with Gasteiger partial charge < -0.3 is 5.73 Å². The largest absolute Gasteiger partial charge is 0.396 e. The van der Waals surface area contributed by atoms with Crippen LogP contribution in [0, 0.1) is 5.92 Å². The number of nitrogens with two attached hydrogens (primary N) is 1. The van der Waals surface area contributed by atoms with Crippen LogP contribution in [0.2, 0.25) is 10.0 Å². The van der Waals surface area contributed by atoms with Gasteiger partial charge in [0, 0.05) is 13.1 Å². The Labute approximate surface area is 106 Å². The maximum absolute atomic E-state index is 6.01. The number of hydrogen-bond acceptors (Lipinski definition) is 2. The molecule has 4 heteroatoms. The molecule has 1 aliphatic rings. The topological polar surface area (TPSA) is 29.3 Å². The fraction of sp³-hybridized carbons (Fsp3) is 0.500. The van der Waals surface area contributed by atoms with Gasteiger partial charge in [-0.2, -0.15) is 0 Å². The van der Waals surface area contributed by atoms with E-state index >= 15 is 0 Å². The SMILES string of the molecule is CC1CCN(Cc2cc(Cl)c(N)c(Cl)c2)C1. The molecule has 2 nitrogen and oxygen atoms in total. The molecule has 0 saturated carbocycles. The van der Waals surface area contributed by atoms with E-state index in [1.165, 1.54) is 6.42 Å². The molecule has 1 heterocycles. The number of anilines is 1. The second-order valence-corrected chi connectivity index (χ2v) is 5.42. The molecule has 0 aliphatic carbocycles. The minimum atomic E-state index is 0.474. The van der Waals surface area contributed by atoms with E-state index < -0.39 is 0 Å². The van der Waals surface area contributed by atoms with Crippen molar-refractivity contribution >= 4 is 28.9 Å². The number of halogens is 2. The molecule has 2 rings (SSSR count). The first-order chi connectivity index (χ1) is 7.56. The summed E-state index contributed by atoms with van der Waals surface area (Å²) in [7, 11) is 0. The molecule has 0 spiro atoms. The molecule has 88 valence electrons. The van der Waals surface area contributed by atoms with Crippen LogP contribution in [0.4, 0.5) is 5.69 Å². The molecule has 0 aromatic heterocycles. The van der Waals surface area contributed by atoms with Crippen molar-refractivity contribution in [2.75, 3.05) is 18.8 Å². The van der Waals surface area contributed by atoms with Crippen molar-refractivity contribution in [1.82, 2.24) is 4.90 Å². The second kappa shape index (κ2) is 4.82. The minimum Gasteiger partial charge on any atom is -0.396 e. The Morgan fingerprint density at radius 2 is 2.00 bits per heavy atom. The Morgan fingerprint density at radius 1 is 1.38 bits per heavy atom. The fourth-order valence-electron chi connectivity index (χ4n) is 2.16. The van der Waals surface area contributed by atoms with Crippen LogP contribution in [-0.2, 0) is 6.54 Å². The van der Waals surface area contributed by atoms with Crippen LogP contribution in [0.5, 0.6) is 0 Å². The van der Waals surface area contributed by atoms with Crippen molar-refractivity contribution in [2.45, 2.75) is 19.9 Å². The van der Waals surface area contributed by atoms with E-state index in [9.17, 15) is 0 Å². The van der Waals surface area contributed by atoms with Crippen LogP contribution >= 0.6 is 23.2 Å². The summed E-state index contributed by atoms with van der Waals surface area (Å²) in [6.45, 7) is 5.49. The van der Waals surface area contributed by atoms with Gasteiger partial charge in [-0.3, -0.25) is 4.90 Å². The van der Waals surface area contributed by atoms with E-state index in [-0.39, 0.29) is 0 Å². The predicted molar refractivity (Wildman–Crippen MR) is 69.9 cm³/mol. The molecule has 1 aromatic carbocycles. The van der Waals surface area contributed by atoms with E-state index in [1.54, 1.807) is 0 Å². The van der Waals surface area contributed by atoms with Gasteiger partial charge in [0.15, 0.2) is 0 Å². The van der Waals surface area contributed by atoms with Gasteiger partial charge in [-0.05, 0) is 36.6 Å². The Kier molecular flexibility index (Phi) is 3.63. The van der Waals surface area contributed by atoms with E-state index in [1.807, 2.05) is 12.1 Å². The third-order valence-corrected chi connectivity index (χ3v) is 3.68. The molecule has 1 fully saturated rings. The number of hydrogen-bond donors (Lipinski definition) is 1. The van der Waals surface area contributed by atoms with E-state index in [0.717, 1.165) is 31.1 Å². The van der Waals surface area contributed by atoms with Gasteiger partial charge in [0.05, 0.1) is 15.7 Å². The van der Waals surface area contributed by atoms with Crippen molar-refractivity contribution in [2.24, 2.45) is 5.92 Å². The standard InChI is InChI=1S/C12H16Cl2N2/c1-8-2-3-16(6-8)7-9-4-10(13)12(15)11(14)5-9/h4-5,8H,2-3,6-7,15H2,1H3.